The van der Waals surface area contributed by atoms with Crippen LogP contribution in [0.2, 0.25) is 0 Å². The van der Waals surface area contributed by atoms with Gasteiger partial charge in [0.05, 0.1) is 6.67 Å². The average Bonchev–Trinajstić information content (AvgIpc) is 3.06. The molecule has 0 fully saturated rings. The molecule has 1 aliphatic rings. The van der Waals surface area contributed by atoms with Crippen LogP contribution in [0, 0.1) is 0 Å². The summed E-state index contributed by atoms with van der Waals surface area (Å²) in [7, 11) is 0. The normalized spacial score (nSPS) is 14.8. The van der Waals surface area contributed by atoms with Crippen LogP contribution in [0.25, 0.3) is 0 Å². The Morgan fingerprint density at radius 3 is 2.24 bits per heavy atom. The van der Waals surface area contributed by atoms with Crippen LogP contribution >= 0.6 is 0 Å². The molecule has 0 aromatic rings. The molecule has 0 aromatic heterocycles. The first-order valence-corrected chi connectivity index (χ1v) is 10.6. The van der Waals surface area contributed by atoms with E-state index in [1.165, 1.54) is 77.2 Å². The van der Waals surface area contributed by atoms with Gasteiger partial charge in [0.2, 0.25) is 0 Å². The van der Waals surface area contributed by atoms with Gasteiger partial charge >= 0.3 is 0 Å². The summed E-state index contributed by atoms with van der Waals surface area (Å²) in [5.74, 6) is 0. The van der Waals surface area contributed by atoms with Crippen molar-refractivity contribution in [3.05, 3.63) is 37.2 Å². The van der Waals surface area contributed by atoms with E-state index in [-0.39, 0.29) is 0 Å². The van der Waals surface area contributed by atoms with Crippen LogP contribution < -0.4 is 0 Å². The van der Waals surface area contributed by atoms with E-state index in [1.54, 1.807) is 0 Å². The number of nitrogens with zero attached hydrogens (tertiary/aromatic N) is 2. The molecule has 0 saturated carbocycles. The Labute approximate surface area is 157 Å². The van der Waals surface area contributed by atoms with Gasteiger partial charge in [-0.05, 0) is 39.5 Å². The van der Waals surface area contributed by atoms with Crippen molar-refractivity contribution in [2.24, 2.45) is 0 Å². The molecule has 0 saturated heterocycles. The quantitative estimate of drug-likeness (QED) is 0.236. The molecule has 2 nitrogen and oxygen atoms in total. The summed E-state index contributed by atoms with van der Waals surface area (Å²) < 4.78 is 0. The van der Waals surface area contributed by atoms with Crippen molar-refractivity contribution in [2.45, 2.75) is 96.9 Å². The summed E-state index contributed by atoms with van der Waals surface area (Å²) in [6.45, 7) is 13.0. The molecular weight excluding hydrogens is 304 g/mol. The number of unbranched alkanes of at least 4 members (excludes halogenated alkanes) is 8. The fraction of sp³-hybridized carbons (Fsp3) is 0.739. The van der Waals surface area contributed by atoms with Gasteiger partial charge < -0.3 is 9.80 Å². The molecule has 0 N–H and O–H groups in total. The van der Waals surface area contributed by atoms with Gasteiger partial charge in [0.25, 0.3) is 0 Å². The second-order valence-electron chi connectivity index (χ2n) is 8.07. The Bertz CT molecular complexity index is 395. The number of rotatable bonds is 15. The third-order valence-electron chi connectivity index (χ3n) is 5.27. The fourth-order valence-corrected chi connectivity index (χ4v) is 3.59. The smallest absolute Gasteiger partial charge is 0.0898 e. The van der Waals surface area contributed by atoms with Gasteiger partial charge in [-0.3, -0.25) is 0 Å². The fourth-order valence-electron chi connectivity index (χ4n) is 3.59. The number of hydrogen-bond acceptors (Lipinski definition) is 2. The van der Waals surface area contributed by atoms with E-state index < -0.39 is 0 Å². The van der Waals surface area contributed by atoms with Crippen LogP contribution in [0.5, 0.6) is 0 Å². The van der Waals surface area contributed by atoms with E-state index in [4.69, 9.17) is 0 Å². The molecule has 0 bridgehead atoms. The van der Waals surface area contributed by atoms with Gasteiger partial charge in [0.1, 0.15) is 0 Å². The highest BCUT2D eigenvalue weighted by atomic mass is 15.4. The maximum absolute atomic E-state index is 3.69. The molecule has 0 aliphatic carbocycles. The zero-order chi connectivity index (χ0) is 18.4. The molecule has 0 aromatic carbocycles. The predicted molar refractivity (Wildman–Crippen MR) is 112 cm³/mol. The largest absolute Gasteiger partial charge is 0.359 e. The summed E-state index contributed by atoms with van der Waals surface area (Å²) in [6.07, 6.45) is 25.5. The van der Waals surface area contributed by atoms with Crippen molar-refractivity contribution < 1.29 is 0 Å². The van der Waals surface area contributed by atoms with Gasteiger partial charge in [0.15, 0.2) is 0 Å². The molecule has 1 aliphatic heterocycles. The minimum atomic E-state index is 0.293. The Morgan fingerprint density at radius 2 is 1.60 bits per heavy atom. The monoisotopic (exact) mass is 346 g/mol. The molecule has 0 radical (unpaired) electrons. The first kappa shape index (κ1) is 21.9. The summed E-state index contributed by atoms with van der Waals surface area (Å²) in [4.78, 5) is 4.98. The Kier molecular flexibility index (Phi) is 11.4. The van der Waals surface area contributed by atoms with Gasteiger partial charge in [-0.1, -0.05) is 76.7 Å². The van der Waals surface area contributed by atoms with Crippen LogP contribution in [-0.2, 0) is 0 Å². The van der Waals surface area contributed by atoms with E-state index in [1.807, 2.05) is 6.08 Å². The van der Waals surface area contributed by atoms with Gasteiger partial charge in [-0.15, -0.1) is 0 Å². The molecule has 0 spiro atoms. The standard InChI is InChI=1S/C23H42N2/c1-5-7-8-9-10-11-12-13-14-15-16-17-19-24-20-21-25(22-24)23(3,4)18-6-2/h5,7-8,20-21H,1,6,9-19,22H2,2-4H3/b8-7+. The molecule has 144 valence electrons. The lowest BCUT2D eigenvalue weighted by Crippen LogP contribution is -2.41. The van der Waals surface area contributed by atoms with Crippen molar-refractivity contribution in [2.75, 3.05) is 13.2 Å². The predicted octanol–water partition coefficient (Wildman–Crippen LogP) is 6.86. The maximum Gasteiger partial charge on any atom is 0.0898 e. The number of hydrogen-bond donors (Lipinski definition) is 0. The minimum absolute atomic E-state index is 0.293. The second-order valence-corrected chi connectivity index (χ2v) is 8.07. The van der Waals surface area contributed by atoms with Crippen molar-refractivity contribution in [1.82, 2.24) is 9.80 Å². The van der Waals surface area contributed by atoms with E-state index in [2.05, 4.69) is 61.7 Å². The lowest BCUT2D eigenvalue weighted by molar-refractivity contribution is 0.135. The van der Waals surface area contributed by atoms with Gasteiger partial charge in [-0.25, -0.2) is 0 Å². The molecule has 1 heterocycles. The van der Waals surface area contributed by atoms with E-state index in [0.29, 0.717) is 5.54 Å². The second kappa shape index (κ2) is 13.1. The molecule has 0 atom stereocenters. The summed E-state index contributed by atoms with van der Waals surface area (Å²) in [6, 6.07) is 0. The molecule has 2 heteroatoms. The van der Waals surface area contributed by atoms with Crippen molar-refractivity contribution in [3.63, 3.8) is 0 Å². The summed E-state index contributed by atoms with van der Waals surface area (Å²) in [5, 5.41) is 0. The van der Waals surface area contributed by atoms with Gasteiger partial charge in [-0.2, -0.15) is 0 Å². The van der Waals surface area contributed by atoms with Crippen molar-refractivity contribution in [3.8, 4) is 0 Å². The highest BCUT2D eigenvalue weighted by molar-refractivity contribution is 4.98. The molecule has 1 rings (SSSR count). The zero-order valence-electron chi connectivity index (χ0n) is 17.2. The lowest BCUT2D eigenvalue weighted by atomic mass is 9.97. The highest BCUT2D eigenvalue weighted by Gasteiger charge is 2.26. The molecule has 25 heavy (non-hydrogen) atoms. The van der Waals surface area contributed by atoms with Crippen LogP contribution in [0.4, 0.5) is 0 Å². The SMILES string of the molecule is C=C/C=C/CCCCCCCCCCN1C=CN(C(C)(C)CCC)C1. The molecule has 0 unspecified atom stereocenters. The first-order valence-electron chi connectivity index (χ1n) is 10.6. The molecular formula is C23H42N2. The van der Waals surface area contributed by atoms with Crippen LogP contribution in [0.3, 0.4) is 0 Å². The third-order valence-corrected chi connectivity index (χ3v) is 5.27. The number of allylic oxidation sites excluding steroid dienone is 3. The first-order chi connectivity index (χ1) is 12.1. The van der Waals surface area contributed by atoms with E-state index in [9.17, 15) is 0 Å². The summed E-state index contributed by atoms with van der Waals surface area (Å²) >= 11 is 0. The Hall–Kier alpha value is -1.18. The molecule has 0 amide bonds. The lowest BCUT2D eigenvalue weighted by Gasteiger charge is -2.36. The third kappa shape index (κ3) is 9.77. The van der Waals surface area contributed by atoms with E-state index >= 15 is 0 Å². The highest BCUT2D eigenvalue weighted by Crippen LogP contribution is 2.24. The Morgan fingerprint density at radius 1 is 0.960 bits per heavy atom. The topological polar surface area (TPSA) is 6.48 Å². The zero-order valence-corrected chi connectivity index (χ0v) is 17.2. The van der Waals surface area contributed by atoms with Crippen LogP contribution in [-0.4, -0.2) is 28.6 Å². The average molecular weight is 347 g/mol. The van der Waals surface area contributed by atoms with Crippen molar-refractivity contribution in [1.29, 1.82) is 0 Å². The van der Waals surface area contributed by atoms with Crippen LogP contribution in [0.1, 0.15) is 91.4 Å². The van der Waals surface area contributed by atoms with E-state index in [0.717, 1.165) is 6.67 Å². The van der Waals surface area contributed by atoms with Crippen molar-refractivity contribution >= 4 is 0 Å². The van der Waals surface area contributed by atoms with Crippen LogP contribution in [0.15, 0.2) is 37.2 Å². The van der Waals surface area contributed by atoms with Gasteiger partial charge in [0, 0.05) is 24.5 Å². The maximum atomic E-state index is 3.69. The Balaban J connectivity index is 1.93. The summed E-state index contributed by atoms with van der Waals surface area (Å²) in [5.41, 5.74) is 0.293. The minimum Gasteiger partial charge on any atom is -0.359 e.